The Balaban J connectivity index is 1.86. The van der Waals surface area contributed by atoms with Crippen molar-refractivity contribution in [3.8, 4) is 18.1 Å². The lowest BCUT2D eigenvalue weighted by molar-refractivity contribution is 0.0765. The van der Waals surface area contributed by atoms with Crippen LogP contribution < -0.4 is 10.1 Å². The molecule has 0 radical (unpaired) electrons. The number of nitrogens with one attached hydrogen (secondary N) is 1. The van der Waals surface area contributed by atoms with Gasteiger partial charge in [-0.05, 0) is 30.9 Å². The standard InChI is InChI=1S/C16H18N2O2/c1-2-9-18(11-12-6-7-12)16(19)13-4-3-5-14-15(13)20-10-8-17-14/h1,3-5,12,17H,6-11H2. The SMILES string of the molecule is C#CCN(CC1CC1)C(=O)c1cccc2c1OCCN2. The molecule has 1 aromatic carbocycles. The third kappa shape index (κ3) is 2.57. The minimum Gasteiger partial charge on any atom is -0.489 e. The molecule has 0 bridgehead atoms. The molecule has 20 heavy (non-hydrogen) atoms. The van der Waals surface area contributed by atoms with E-state index in [1.807, 2.05) is 18.2 Å². The molecule has 1 aromatic rings. The van der Waals surface area contributed by atoms with E-state index < -0.39 is 0 Å². The van der Waals surface area contributed by atoms with E-state index in [2.05, 4.69) is 11.2 Å². The number of hydrogen-bond acceptors (Lipinski definition) is 3. The summed E-state index contributed by atoms with van der Waals surface area (Å²) < 4.78 is 5.66. The van der Waals surface area contributed by atoms with Gasteiger partial charge in [-0.3, -0.25) is 4.79 Å². The van der Waals surface area contributed by atoms with Crippen LogP contribution in [0, 0.1) is 18.3 Å². The fourth-order valence-corrected chi connectivity index (χ4v) is 2.45. The van der Waals surface area contributed by atoms with Crippen LogP contribution in [0.4, 0.5) is 5.69 Å². The molecule has 0 aromatic heterocycles. The number of fused-ring (bicyclic) bond motifs is 1. The lowest BCUT2D eigenvalue weighted by Gasteiger charge is -2.25. The van der Waals surface area contributed by atoms with Gasteiger partial charge in [0.15, 0.2) is 5.75 Å². The number of ether oxygens (including phenoxy) is 1. The van der Waals surface area contributed by atoms with E-state index in [1.54, 1.807) is 4.90 Å². The van der Waals surface area contributed by atoms with E-state index in [0.717, 1.165) is 18.8 Å². The fourth-order valence-electron chi connectivity index (χ4n) is 2.45. The molecule has 4 nitrogen and oxygen atoms in total. The van der Waals surface area contributed by atoms with Crippen LogP contribution in [0.2, 0.25) is 0 Å². The molecule has 1 aliphatic carbocycles. The van der Waals surface area contributed by atoms with Gasteiger partial charge in [0.25, 0.3) is 5.91 Å². The van der Waals surface area contributed by atoms with Crippen molar-refractivity contribution in [2.75, 3.05) is 31.6 Å². The minimum atomic E-state index is -0.0320. The van der Waals surface area contributed by atoms with Gasteiger partial charge in [-0.15, -0.1) is 6.42 Å². The summed E-state index contributed by atoms with van der Waals surface area (Å²) in [5.41, 5.74) is 1.49. The normalized spacial score (nSPS) is 16.4. The highest BCUT2D eigenvalue weighted by molar-refractivity contribution is 5.99. The van der Waals surface area contributed by atoms with E-state index >= 15 is 0 Å². The Bertz CT molecular complexity index is 558. The van der Waals surface area contributed by atoms with Gasteiger partial charge in [-0.25, -0.2) is 0 Å². The van der Waals surface area contributed by atoms with Gasteiger partial charge >= 0.3 is 0 Å². The van der Waals surface area contributed by atoms with Gasteiger partial charge < -0.3 is 15.0 Å². The summed E-state index contributed by atoms with van der Waals surface area (Å²) in [5.74, 6) is 3.82. The van der Waals surface area contributed by atoms with Crippen molar-refractivity contribution in [2.45, 2.75) is 12.8 Å². The third-order valence-corrected chi connectivity index (χ3v) is 3.65. The van der Waals surface area contributed by atoms with Crippen molar-refractivity contribution < 1.29 is 9.53 Å². The van der Waals surface area contributed by atoms with Gasteiger partial charge in [-0.2, -0.15) is 0 Å². The highest BCUT2D eigenvalue weighted by atomic mass is 16.5. The van der Waals surface area contributed by atoms with Crippen LogP contribution >= 0.6 is 0 Å². The van der Waals surface area contributed by atoms with Crippen LogP contribution in [-0.2, 0) is 0 Å². The number of carbonyl (C=O) groups excluding carboxylic acids is 1. The smallest absolute Gasteiger partial charge is 0.258 e. The van der Waals surface area contributed by atoms with Crippen LogP contribution in [0.1, 0.15) is 23.2 Å². The third-order valence-electron chi connectivity index (χ3n) is 3.65. The number of benzene rings is 1. The van der Waals surface area contributed by atoms with Crippen molar-refractivity contribution in [3.63, 3.8) is 0 Å². The number of para-hydroxylation sites is 1. The predicted octanol–water partition coefficient (Wildman–Crippen LogP) is 1.98. The molecule has 1 aliphatic heterocycles. The number of hydrogen-bond donors (Lipinski definition) is 1. The zero-order chi connectivity index (χ0) is 13.9. The minimum absolute atomic E-state index is 0.0320. The highest BCUT2D eigenvalue weighted by Crippen LogP contribution is 2.34. The summed E-state index contributed by atoms with van der Waals surface area (Å²) in [4.78, 5) is 14.4. The molecule has 1 heterocycles. The molecule has 0 unspecified atom stereocenters. The van der Waals surface area contributed by atoms with Crippen LogP contribution in [0.15, 0.2) is 18.2 Å². The highest BCUT2D eigenvalue weighted by Gasteiger charge is 2.29. The van der Waals surface area contributed by atoms with E-state index in [4.69, 9.17) is 11.2 Å². The summed E-state index contributed by atoms with van der Waals surface area (Å²) in [6, 6.07) is 5.61. The zero-order valence-corrected chi connectivity index (χ0v) is 11.4. The zero-order valence-electron chi connectivity index (χ0n) is 11.4. The maximum Gasteiger partial charge on any atom is 0.258 e. The second-order valence-electron chi connectivity index (χ2n) is 5.29. The largest absolute Gasteiger partial charge is 0.489 e. The molecule has 4 heteroatoms. The number of carbonyl (C=O) groups is 1. The van der Waals surface area contributed by atoms with Gasteiger partial charge in [0.2, 0.25) is 0 Å². The van der Waals surface area contributed by atoms with Gasteiger partial charge in [0, 0.05) is 13.1 Å². The topological polar surface area (TPSA) is 41.6 Å². The van der Waals surface area contributed by atoms with Crippen molar-refractivity contribution in [1.82, 2.24) is 4.90 Å². The van der Waals surface area contributed by atoms with Gasteiger partial charge in [-0.1, -0.05) is 12.0 Å². The second-order valence-corrected chi connectivity index (χ2v) is 5.29. The quantitative estimate of drug-likeness (QED) is 0.851. The number of amides is 1. The molecular formula is C16H18N2O2. The van der Waals surface area contributed by atoms with Crippen LogP contribution in [-0.4, -0.2) is 37.0 Å². The lowest BCUT2D eigenvalue weighted by Crippen LogP contribution is -2.34. The number of terminal acetylenes is 1. The average Bonchev–Trinajstić information content (AvgIpc) is 3.29. The van der Waals surface area contributed by atoms with Crippen LogP contribution in [0.3, 0.4) is 0 Å². The first-order chi connectivity index (χ1) is 9.79. The summed E-state index contributed by atoms with van der Waals surface area (Å²) >= 11 is 0. The molecule has 2 aliphatic rings. The van der Waals surface area contributed by atoms with Gasteiger partial charge in [0.05, 0.1) is 17.8 Å². The predicted molar refractivity (Wildman–Crippen MR) is 77.9 cm³/mol. The summed E-state index contributed by atoms with van der Waals surface area (Å²) in [7, 11) is 0. The first kappa shape index (κ1) is 12.9. The first-order valence-electron chi connectivity index (χ1n) is 7.02. The Kier molecular flexibility index (Phi) is 3.51. The molecular weight excluding hydrogens is 252 g/mol. The summed E-state index contributed by atoms with van der Waals surface area (Å²) in [5, 5.41) is 3.25. The Morgan fingerprint density at radius 1 is 1.50 bits per heavy atom. The number of anilines is 1. The van der Waals surface area contributed by atoms with Crippen LogP contribution in [0.25, 0.3) is 0 Å². The van der Waals surface area contributed by atoms with E-state index in [0.29, 0.717) is 30.4 Å². The lowest BCUT2D eigenvalue weighted by atomic mass is 10.1. The molecule has 0 saturated heterocycles. The Hall–Kier alpha value is -2.15. The van der Waals surface area contributed by atoms with E-state index in [1.165, 1.54) is 12.8 Å². The molecule has 3 rings (SSSR count). The second kappa shape index (κ2) is 5.46. The maximum atomic E-state index is 12.7. The first-order valence-corrected chi connectivity index (χ1v) is 7.02. The summed E-state index contributed by atoms with van der Waals surface area (Å²) in [6.07, 6.45) is 7.78. The van der Waals surface area contributed by atoms with Gasteiger partial charge in [0.1, 0.15) is 6.61 Å². The van der Waals surface area contributed by atoms with Crippen molar-refractivity contribution in [3.05, 3.63) is 23.8 Å². The van der Waals surface area contributed by atoms with E-state index in [9.17, 15) is 4.79 Å². The fraction of sp³-hybridized carbons (Fsp3) is 0.438. The Morgan fingerprint density at radius 2 is 2.35 bits per heavy atom. The monoisotopic (exact) mass is 270 g/mol. The van der Waals surface area contributed by atoms with Crippen molar-refractivity contribution in [1.29, 1.82) is 0 Å². The molecule has 0 atom stereocenters. The number of rotatable bonds is 4. The maximum absolute atomic E-state index is 12.7. The molecule has 0 spiro atoms. The number of nitrogens with zero attached hydrogens (tertiary/aromatic N) is 1. The molecule has 1 amide bonds. The van der Waals surface area contributed by atoms with Crippen molar-refractivity contribution >= 4 is 11.6 Å². The average molecular weight is 270 g/mol. The molecule has 1 N–H and O–H groups in total. The Labute approximate surface area is 119 Å². The molecule has 1 fully saturated rings. The molecule has 1 saturated carbocycles. The van der Waals surface area contributed by atoms with Crippen molar-refractivity contribution in [2.24, 2.45) is 5.92 Å². The van der Waals surface area contributed by atoms with E-state index in [-0.39, 0.29) is 5.91 Å². The summed E-state index contributed by atoms with van der Waals surface area (Å²) in [6.45, 7) is 2.45. The Morgan fingerprint density at radius 3 is 3.10 bits per heavy atom. The van der Waals surface area contributed by atoms with Crippen LogP contribution in [0.5, 0.6) is 5.75 Å². The molecule has 104 valence electrons.